The van der Waals surface area contributed by atoms with E-state index in [1.165, 1.54) is 0 Å². The van der Waals surface area contributed by atoms with Crippen molar-refractivity contribution in [3.8, 4) is 11.3 Å². The molecule has 5 nitrogen and oxygen atoms in total. The van der Waals surface area contributed by atoms with Gasteiger partial charge in [0.1, 0.15) is 0 Å². The number of hydrogen-bond donors (Lipinski definition) is 2. The zero-order chi connectivity index (χ0) is 16.9. The molecular formula is C18H24N2O3. The number of oxazole rings is 1. The minimum Gasteiger partial charge on any atom is -0.441 e. The molecule has 0 saturated heterocycles. The maximum absolute atomic E-state index is 11.8. The van der Waals surface area contributed by atoms with Crippen molar-refractivity contribution in [2.45, 2.75) is 39.7 Å². The molecule has 5 heteroatoms. The van der Waals surface area contributed by atoms with E-state index in [1.54, 1.807) is 6.20 Å². The predicted octanol–water partition coefficient (Wildman–Crippen LogP) is 2.80. The second-order valence-electron chi connectivity index (χ2n) is 6.67. The van der Waals surface area contributed by atoms with E-state index in [4.69, 9.17) is 4.42 Å². The second kappa shape index (κ2) is 7.42. The van der Waals surface area contributed by atoms with Crippen molar-refractivity contribution in [3.63, 3.8) is 0 Å². The van der Waals surface area contributed by atoms with Gasteiger partial charge in [0.05, 0.1) is 12.3 Å². The third-order valence-electron chi connectivity index (χ3n) is 3.67. The highest BCUT2D eigenvalue weighted by molar-refractivity contribution is 5.76. The van der Waals surface area contributed by atoms with Gasteiger partial charge < -0.3 is 14.8 Å². The lowest BCUT2D eigenvalue weighted by molar-refractivity contribution is -0.121. The van der Waals surface area contributed by atoms with Gasteiger partial charge in [-0.3, -0.25) is 4.79 Å². The first-order valence-electron chi connectivity index (χ1n) is 7.81. The minimum absolute atomic E-state index is 0.118. The highest BCUT2D eigenvalue weighted by Crippen LogP contribution is 2.20. The van der Waals surface area contributed by atoms with E-state index in [1.807, 2.05) is 51.1 Å². The van der Waals surface area contributed by atoms with Gasteiger partial charge in [0, 0.05) is 24.9 Å². The Labute approximate surface area is 136 Å². The number of rotatable bonds is 6. The van der Waals surface area contributed by atoms with Crippen molar-refractivity contribution in [2.24, 2.45) is 5.41 Å². The number of carbonyl (C=O) groups excluding carboxylic acids is 1. The number of amides is 1. The Balaban J connectivity index is 1.80. The number of hydrogen-bond acceptors (Lipinski definition) is 4. The number of nitrogens with zero attached hydrogens (tertiary/aromatic N) is 1. The Morgan fingerprint density at radius 1 is 1.30 bits per heavy atom. The second-order valence-corrected chi connectivity index (χ2v) is 6.67. The number of aromatic nitrogens is 1. The summed E-state index contributed by atoms with van der Waals surface area (Å²) in [5.41, 5.74) is 0.712. The van der Waals surface area contributed by atoms with Crippen LogP contribution in [0.1, 0.15) is 33.1 Å². The molecule has 2 N–H and O–H groups in total. The quantitative estimate of drug-likeness (QED) is 0.859. The smallest absolute Gasteiger partial charge is 0.220 e. The van der Waals surface area contributed by atoms with Gasteiger partial charge in [0.15, 0.2) is 11.7 Å². The molecule has 1 aromatic carbocycles. The number of carbonyl (C=O) groups is 1. The third-order valence-corrected chi connectivity index (χ3v) is 3.67. The van der Waals surface area contributed by atoms with E-state index in [0.29, 0.717) is 18.1 Å². The van der Waals surface area contributed by atoms with Crippen LogP contribution < -0.4 is 5.32 Å². The van der Waals surface area contributed by atoms with Gasteiger partial charge in [-0.2, -0.15) is 0 Å². The number of aryl methyl sites for hydroxylation is 1. The van der Waals surface area contributed by atoms with Crippen molar-refractivity contribution in [1.82, 2.24) is 10.3 Å². The molecule has 2 rings (SSSR count). The fraction of sp³-hybridized carbons (Fsp3) is 0.444. The SMILES string of the molecule is CC(C)(C)C(O)CNC(=O)CCc1ncc(-c2ccccc2)o1. The molecule has 1 atom stereocenters. The van der Waals surface area contributed by atoms with E-state index in [0.717, 1.165) is 5.56 Å². The molecule has 0 radical (unpaired) electrons. The van der Waals surface area contributed by atoms with Crippen LogP contribution in [0.25, 0.3) is 11.3 Å². The van der Waals surface area contributed by atoms with E-state index in [9.17, 15) is 9.90 Å². The molecule has 1 unspecified atom stereocenters. The molecule has 0 aliphatic carbocycles. The molecule has 2 aromatic rings. The Morgan fingerprint density at radius 3 is 2.65 bits per heavy atom. The first kappa shape index (κ1) is 17.2. The van der Waals surface area contributed by atoms with Crippen molar-refractivity contribution in [2.75, 3.05) is 6.54 Å². The van der Waals surface area contributed by atoms with Crippen molar-refractivity contribution in [1.29, 1.82) is 0 Å². The van der Waals surface area contributed by atoms with Crippen LogP contribution >= 0.6 is 0 Å². The fourth-order valence-corrected chi connectivity index (χ4v) is 1.99. The fourth-order valence-electron chi connectivity index (χ4n) is 1.99. The van der Waals surface area contributed by atoms with Gasteiger partial charge in [0.2, 0.25) is 5.91 Å². The topological polar surface area (TPSA) is 75.4 Å². The first-order chi connectivity index (χ1) is 10.9. The molecule has 1 heterocycles. The first-order valence-corrected chi connectivity index (χ1v) is 7.81. The van der Waals surface area contributed by atoms with Crippen LogP contribution in [0.2, 0.25) is 0 Å². The molecule has 1 aromatic heterocycles. The average molecular weight is 316 g/mol. The standard InChI is InChI=1S/C18H24N2O3/c1-18(2,3)15(21)12-19-16(22)9-10-17-20-11-14(23-17)13-7-5-4-6-8-13/h4-8,11,15,21H,9-10,12H2,1-3H3,(H,19,22). The van der Waals surface area contributed by atoms with Crippen molar-refractivity contribution >= 4 is 5.91 Å². The summed E-state index contributed by atoms with van der Waals surface area (Å²) in [6.45, 7) is 6.05. The molecule has 0 spiro atoms. The van der Waals surface area contributed by atoms with Crippen LogP contribution in [-0.2, 0) is 11.2 Å². The summed E-state index contributed by atoms with van der Waals surface area (Å²) in [5.74, 6) is 1.12. The van der Waals surface area contributed by atoms with Crippen molar-refractivity contribution in [3.05, 3.63) is 42.4 Å². The third kappa shape index (κ3) is 5.21. The monoisotopic (exact) mass is 316 g/mol. The van der Waals surface area contributed by atoms with Gasteiger partial charge in [0.25, 0.3) is 0 Å². The molecule has 0 aliphatic rings. The number of benzene rings is 1. The zero-order valence-electron chi connectivity index (χ0n) is 13.9. The normalized spacial score (nSPS) is 12.9. The number of aliphatic hydroxyl groups is 1. The lowest BCUT2D eigenvalue weighted by Gasteiger charge is -2.25. The van der Waals surface area contributed by atoms with Gasteiger partial charge in [-0.25, -0.2) is 4.98 Å². The van der Waals surface area contributed by atoms with E-state index in [2.05, 4.69) is 10.3 Å². The Hall–Kier alpha value is -2.14. The maximum atomic E-state index is 11.8. The Bertz CT molecular complexity index is 629. The van der Waals surface area contributed by atoms with Crippen LogP contribution in [-0.4, -0.2) is 28.6 Å². The van der Waals surface area contributed by atoms with Gasteiger partial charge >= 0.3 is 0 Å². The lowest BCUT2D eigenvalue weighted by Crippen LogP contribution is -2.39. The summed E-state index contributed by atoms with van der Waals surface area (Å²) >= 11 is 0. The summed E-state index contributed by atoms with van der Waals surface area (Å²) in [6, 6.07) is 9.71. The van der Waals surface area contributed by atoms with Gasteiger partial charge in [-0.05, 0) is 5.41 Å². The van der Waals surface area contributed by atoms with Crippen LogP contribution in [0.15, 0.2) is 40.9 Å². The zero-order valence-corrected chi connectivity index (χ0v) is 13.9. The molecule has 0 bridgehead atoms. The molecule has 23 heavy (non-hydrogen) atoms. The van der Waals surface area contributed by atoms with E-state index < -0.39 is 6.10 Å². The maximum Gasteiger partial charge on any atom is 0.220 e. The van der Waals surface area contributed by atoms with Crippen LogP contribution in [0.4, 0.5) is 0 Å². The number of aliphatic hydroxyl groups excluding tert-OH is 1. The molecule has 1 amide bonds. The van der Waals surface area contributed by atoms with Crippen LogP contribution in [0, 0.1) is 5.41 Å². The highest BCUT2D eigenvalue weighted by atomic mass is 16.4. The summed E-state index contributed by atoms with van der Waals surface area (Å²) in [4.78, 5) is 16.0. The summed E-state index contributed by atoms with van der Waals surface area (Å²) in [5, 5.41) is 12.6. The lowest BCUT2D eigenvalue weighted by atomic mass is 9.89. The Kier molecular flexibility index (Phi) is 5.55. The van der Waals surface area contributed by atoms with Gasteiger partial charge in [-0.1, -0.05) is 51.1 Å². The summed E-state index contributed by atoms with van der Waals surface area (Å²) in [7, 11) is 0. The molecule has 0 fully saturated rings. The van der Waals surface area contributed by atoms with Crippen LogP contribution in [0.5, 0.6) is 0 Å². The summed E-state index contributed by atoms with van der Waals surface area (Å²) in [6.07, 6.45) is 1.82. The van der Waals surface area contributed by atoms with Crippen molar-refractivity contribution < 1.29 is 14.3 Å². The molecule has 0 aliphatic heterocycles. The molecule has 124 valence electrons. The van der Waals surface area contributed by atoms with Crippen LogP contribution in [0.3, 0.4) is 0 Å². The summed E-state index contributed by atoms with van der Waals surface area (Å²) < 4.78 is 5.66. The van der Waals surface area contributed by atoms with E-state index in [-0.39, 0.29) is 24.3 Å². The van der Waals surface area contributed by atoms with E-state index >= 15 is 0 Å². The molecular weight excluding hydrogens is 292 g/mol. The largest absolute Gasteiger partial charge is 0.441 e. The number of nitrogens with one attached hydrogen (secondary N) is 1. The average Bonchev–Trinajstić information content (AvgIpc) is 2.99. The highest BCUT2D eigenvalue weighted by Gasteiger charge is 2.22. The molecule has 0 saturated carbocycles. The predicted molar refractivity (Wildman–Crippen MR) is 88.7 cm³/mol. The Morgan fingerprint density at radius 2 is 2.00 bits per heavy atom. The van der Waals surface area contributed by atoms with Gasteiger partial charge in [-0.15, -0.1) is 0 Å². The minimum atomic E-state index is -0.571.